The van der Waals surface area contributed by atoms with Crippen LogP contribution < -0.4 is 0 Å². The van der Waals surface area contributed by atoms with E-state index >= 15 is 0 Å². The lowest BCUT2D eigenvalue weighted by Gasteiger charge is -1.93. The predicted octanol–water partition coefficient (Wildman–Crippen LogP) is 3.97. The lowest BCUT2D eigenvalue weighted by molar-refractivity contribution is 0.954. The highest BCUT2D eigenvalue weighted by Crippen LogP contribution is 2.34. The SMILES string of the molecule is C[C@@H]1C=Cc2sc3cnccc3c2C=C1. The van der Waals surface area contributed by atoms with Crippen molar-refractivity contribution in [3.05, 3.63) is 41.1 Å². The molecule has 2 aromatic rings. The molecule has 0 aliphatic heterocycles. The van der Waals surface area contributed by atoms with Crippen molar-refractivity contribution in [1.29, 1.82) is 0 Å². The normalized spacial score (nSPS) is 19.1. The van der Waals surface area contributed by atoms with Gasteiger partial charge in [-0.2, -0.15) is 0 Å². The van der Waals surface area contributed by atoms with E-state index in [0.29, 0.717) is 5.92 Å². The van der Waals surface area contributed by atoms with Crippen LogP contribution in [-0.4, -0.2) is 4.98 Å². The van der Waals surface area contributed by atoms with Gasteiger partial charge in [0.2, 0.25) is 0 Å². The van der Waals surface area contributed by atoms with E-state index in [1.807, 2.05) is 23.7 Å². The third-order valence-electron chi connectivity index (χ3n) is 2.68. The fourth-order valence-corrected chi connectivity index (χ4v) is 2.91. The second-order valence-corrected chi connectivity index (χ2v) is 4.91. The number of aromatic nitrogens is 1. The molecule has 2 aromatic heterocycles. The van der Waals surface area contributed by atoms with Crippen LogP contribution in [0.1, 0.15) is 17.4 Å². The van der Waals surface area contributed by atoms with E-state index in [1.165, 1.54) is 20.5 Å². The van der Waals surface area contributed by atoms with Crippen LogP contribution in [0.2, 0.25) is 0 Å². The quantitative estimate of drug-likeness (QED) is 0.645. The molecule has 1 atom stereocenters. The van der Waals surface area contributed by atoms with Crippen molar-refractivity contribution >= 4 is 33.6 Å². The topological polar surface area (TPSA) is 12.9 Å². The molecule has 0 aromatic carbocycles. The van der Waals surface area contributed by atoms with Gasteiger partial charge in [-0.25, -0.2) is 0 Å². The Kier molecular flexibility index (Phi) is 1.96. The monoisotopic (exact) mass is 213 g/mol. The van der Waals surface area contributed by atoms with Gasteiger partial charge in [0.15, 0.2) is 0 Å². The van der Waals surface area contributed by atoms with Crippen LogP contribution in [0.25, 0.3) is 22.2 Å². The van der Waals surface area contributed by atoms with Gasteiger partial charge in [-0.15, -0.1) is 11.3 Å². The van der Waals surface area contributed by atoms with Gasteiger partial charge in [0.25, 0.3) is 0 Å². The highest BCUT2D eigenvalue weighted by atomic mass is 32.1. The summed E-state index contributed by atoms with van der Waals surface area (Å²) in [6, 6.07) is 2.10. The lowest BCUT2D eigenvalue weighted by atomic mass is 10.1. The summed E-state index contributed by atoms with van der Waals surface area (Å²) in [5.41, 5.74) is 1.35. The summed E-state index contributed by atoms with van der Waals surface area (Å²) in [4.78, 5) is 5.50. The van der Waals surface area contributed by atoms with Crippen molar-refractivity contribution in [3.8, 4) is 0 Å². The maximum Gasteiger partial charge on any atom is 0.0538 e. The number of pyridine rings is 1. The maximum atomic E-state index is 4.16. The third kappa shape index (κ3) is 1.41. The minimum atomic E-state index is 0.529. The van der Waals surface area contributed by atoms with Crippen LogP contribution >= 0.6 is 11.3 Å². The maximum absolute atomic E-state index is 4.16. The molecule has 15 heavy (non-hydrogen) atoms. The van der Waals surface area contributed by atoms with Crippen LogP contribution in [0.3, 0.4) is 0 Å². The molecule has 0 radical (unpaired) electrons. The van der Waals surface area contributed by atoms with Gasteiger partial charge >= 0.3 is 0 Å². The Morgan fingerprint density at radius 2 is 2.13 bits per heavy atom. The van der Waals surface area contributed by atoms with Crippen LogP contribution in [0.5, 0.6) is 0 Å². The number of hydrogen-bond acceptors (Lipinski definition) is 2. The Labute approximate surface area is 92.8 Å². The molecule has 2 heteroatoms. The molecule has 0 fully saturated rings. The molecular weight excluding hydrogens is 202 g/mol. The predicted molar refractivity (Wildman–Crippen MR) is 66.9 cm³/mol. The van der Waals surface area contributed by atoms with Gasteiger partial charge in [0, 0.05) is 28.2 Å². The highest BCUT2D eigenvalue weighted by molar-refractivity contribution is 7.20. The molecule has 74 valence electrons. The average molecular weight is 213 g/mol. The van der Waals surface area contributed by atoms with Gasteiger partial charge in [-0.05, 0) is 18.1 Å². The summed E-state index contributed by atoms with van der Waals surface area (Å²) >= 11 is 1.81. The molecule has 0 amide bonds. The standard InChI is InChI=1S/C13H11NS/c1-9-2-4-10-11-6-7-14-8-13(11)15-12(10)5-3-9/h2-9H,1H3/t9-/m0/s1. The number of rotatable bonds is 0. The van der Waals surface area contributed by atoms with Crippen molar-refractivity contribution in [3.63, 3.8) is 0 Å². The second-order valence-electron chi connectivity index (χ2n) is 3.83. The zero-order valence-corrected chi connectivity index (χ0v) is 9.29. The van der Waals surface area contributed by atoms with E-state index in [9.17, 15) is 0 Å². The number of thiophene rings is 1. The van der Waals surface area contributed by atoms with E-state index in [4.69, 9.17) is 0 Å². The van der Waals surface area contributed by atoms with Crippen LogP contribution in [0.15, 0.2) is 30.6 Å². The Morgan fingerprint density at radius 1 is 1.27 bits per heavy atom. The fraction of sp³-hybridized carbons (Fsp3) is 0.154. The van der Waals surface area contributed by atoms with Crippen molar-refractivity contribution in [1.82, 2.24) is 4.98 Å². The van der Waals surface area contributed by atoms with E-state index in [-0.39, 0.29) is 0 Å². The molecule has 1 nitrogen and oxygen atoms in total. The molecule has 0 spiro atoms. The van der Waals surface area contributed by atoms with E-state index in [1.54, 1.807) is 0 Å². The van der Waals surface area contributed by atoms with Crippen LogP contribution in [0.4, 0.5) is 0 Å². The van der Waals surface area contributed by atoms with Gasteiger partial charge < -0.3 is 0 Å². The molecule has 0 N–H and O–H groups in total. The third-order valence-corrected chi connectivity index (χ3v) is 3.80. The van der Waals surface area contributed by atoms with Crippen LogP contribution in [-0.2, 0) is 0 Å². The highest BCUT2D eigenvalue weighted by Gasteiger charge is 2.09. The number of hydrogen-bond donors (Lipinski definition) is 0. The van der Waals surface area contributed by atoms with Gasteiger partial charge in [-0.1, -0.05) is 25.2 Å². The first kappa shape index (κ1) is 8.86. The summed E-state index contributed by atoms with van der Waals surface area (Å²) in [6.07, 6.45) is 12.8. The van der Waals surface area contributed by atoms with Gasteiger partial charge in [-0.3, -0.25) is 4.98 Å². The summed E-state index contributed by atoms with van der Waals surface area (Å²) in [7, 11) is 0. The van der Waals surface area contributed by atoms with E-state index in [2.05, 4.69) is 42.3 Å². The number of allylic oxidation sites excluding steroid dienone is 2. The lowest BCUT2D eigenvalue weighted by Crippen LogP contribution is -1.77. The Bertz CT molecular complexity index is 563. The first-order valence-electron chi connectivity index (χ1n) is 5.07. The number of nitrogens with zero attached hydrogens (tertiary/aromatic N) is 1. The largest absolute Gasteiger partial charge is 0.263 e. The summed E-state index contributed by atoms with van der Waals surface area (Å²) in [5, 5.41) is 1.32. The first-order chi connectivity index (χ1) is 7.34. The zero-order chi connectivity index (χ0) is 10.3. The molecule has 3 rings (SSSR count). The molecule has 1 aliphatic rings. The minimum Gasteiger partial charge on any atom is -0.263 e. The Morgan fingerprint density at radius 3 is 3.07 bits per heavy atom. The van der Waals surface area contributed by atoms with Crippen molar-refractivity contribution in [2.75, 3.05) is 0 Å². The first-order valence-corrected chi connectivity index (χ1v) is 5.89. The Balaban J connectivity index is 2.33. The van der Waals surface area contributed by atoms with E-state index in [0.717, 1.165) is 0 Å². The Hall–Kier alpha value is -1.41. The summed E-state index contributed by atoms with van der Waals surface area (Å²) in [5.74, 6) is 0.529. The summed E-state index contributed by atoms with van der Waals surface area (Å²) in [6.45, 7) is 2.20. The average Bonchev–Trinajstić information content (AvgIpc) is 2.51. The second kappa shape index (κ2) is 3.31. The molecule has 0 bridgehead atoms. The smallest absolute Gasteiger partial charge is 0.0538 e. The van der Waals surface area contributed by atoms with E-state index < -0.39 is 0 Å². The molecule has 0 saturated carbocycles. The number of fused-ring (bicyclic) bond motifs is 3. The molecule has 0 unspecified atom stereocenters. The molecular formula is C13H11NS. The van der Waals surface area contributed by atoms with Crippen LogP contribution in [0, 0.1) is 5.92 Å². The van der Waals surface area contributed by atoms with Gasteiger partial charge in [0.1, 0.15) is 0 Å². The molecule has 2 heterocycles. The zero-order valence-electron chi connectivity index (χ0n) is 8.47. The van der Waals surface area contributed by atoms with Crippen molar-refractivity contribution in [2.24, 2.45) is 5.92 Å². The van der Waals surface area contributed by atoms with Gasteiger partial charge in [0.05, 0.1) is 4.70 Å². The molecule has 1 aliphatic carbocycles. The van der Waals surface area contributed by atoms with Crippen molar-refractivity contribution < 1.29 is 0 Å². The fourth-order valence-electron chi connectivity index (χ4n) is 1.84. The molecule has 0 saturated heterocycles. The summed E-state index contributed by atoms with van der Waals surface area (Å²) < 4.78 is 1.27. The minimum absolute atomic E-state index is 0.529. The van der Waals surface area contributed by atoms with Crippen molar-refractivity contribution in [2.45, 2.75) is 6.92 Å².